The first kappa shape index (κ1) is 18.8. The standard InChI is InChI=1S/C21H17N3O4/c25-21(23-22-14-17-7-4-8-19(13-17)24(26)27)18-9-11-20(12-10-18)28-15-16-5-2-1-3-6-16/h1-14H,15H2,(H,23,25)/b22-14+. The van der Waals surface area contributed by atoms with Gasteiger partial charge in [0.1, 0.15) is 12.4 Å². The number of nitro benzene ring substituents is 1. The fraction of sp³-hybridized carbons (Fsp3) is 0.0476. The zero-order valence-corrected chi connectivity index (χ0v) is 14.8. The van der Waals surface area contributed by atoms with Gasteiger partial charge in [0.25, 0.3) is 11.6 Å². The highest BCUT2D eigenvalue weighted by atomic mass is 16.6. The molecule has 0 aromatic heterocycles. The van der Waals surface area contributed by atoms with E-state index in [4.69, 9.17) is 4.74 Å². The second kappa shape index (κ2) is 9.09. The Morgan fingerprint density at radius 2 is 1.79 bits per heavy atom. The molecule has 0 saturated heterocycles. The molecule has 28 heavy (non-hydrogen) atoms. The third kappa shape index (κ3) is 5.25. The Morgan fingerprint density at radius 3 is 2.50 bits per heavy atom. The topological polar surface area (TPSA) is 93.8 Å². The number of nitrogens with one attached hydrogen (secondary N) is 1. The number of non-ortho nitro benzene ring substituents is 1. The Balaban J connectivity index is 1.54. The van der Waals surface area contributed by atoms with Crippen LogP contribution in [0, 0.1) is 10.1 Å². The van der Waals surface area contributed by atoms with Crippen LogP contribution in [0.5, 0.6) is 5.75 Å². The smallest absolute Gasteiger partial charge is 0.271 e. The fourth-order valence-electron chi connectivity index (χ4n) is 2.39. The van der Waals surface area contributed by atoms with E-state index < -0.39 is 10.8 Å². The molecular weight excluding hydrogens is 358 g/mol. The monoisotopic (exact) mass is 375 g/mol. The number of ether oxygens (including phenoxy) is 1. The lowest BCUT2D eigenvalue weighted by atomic mass is 10.2. The summed E-state index contributed by atoms with van der Waals surface area (Å²) in [5.74, 6) is 0.261. The molecule has 140 valence electrons. The highest BCUT2D eigenvalue weighted by molar-refractivity contribution is 5.95. The molecule has 0 saturated carbocycles. The van der Waals surface area contributed by atoms with E-state index in [2.05, 4.69) is 10.5 Å². The molecule has 0 aliphatic carbocycles. The van der Waals surface area contributed by atoms with Gasteiger partial charge in [-0.15, -0.1) is 0 Å². The number of nitro groups is 1. The molecule has 0 bridgehead atoms. The molecule has 7 heteroatoms. The van der Waals surface area contributed by atoms with E-state index in [0.29, 0.717) is 23.5 Å². The molecule has 7 nitrogen and oxygen atoms in total. The van der Waals surface area contributed by atoms with Gasteiger partial charge >= 0.3 is 0 Å². The van der Waals surface area contributed by atoms with Gasteiger partial charge in [-0.05, 0) is 29.8 Å². The van der Waals surface area contributed by atoms with Crippen molar-refractivity contribution < 1.29 is 14.5 Å². The number of benzene rings is 3. The van der Waals surface area contributed by atoms with Crippen LogP contribution in [-0.4, -0.2) is 17.0 Å². The zero-order valence-electron chi connectivity index (χ0n) is 14.8. The van der Waals surface area contributed by atoms with Crippen LogP contribution in [0.15, 0.2) is 84.0 Å². The molecule has 0 unspecified atom stereocenters. The maximum Gasteiger partial charge on any atom is 0.271 e. The predicted octanol–water partition coefficient (Wildman–Crippen LogP) is 3.94. The summed E-state index contributed by atoms with van der Waals surface area (Å²) in [5.41, 5.74) is 4.34. The number of nitrogens with zero attached hydrogens (tertiary/aromatic N) is 2. The van der Waals surface area contributed by atoms with Crippen molar-refractivity contribution >= 4 is 17.8 Å². The first-order chi connectivity index (χ1) is 13.6. The van der Waals surface area contributed by atoms with E-state index in [9.17, 15) is 14.9 Å². The number of carbonyl (C=O) groups excluding carboxylic acids is 1. The van der Waals surface area contributed by atoms with Crippen LogP contribution in [0.25, 0.3) is 0 Å². The maximum absolute atomic E-state index is 12.1. The third-order valence-corrected chi connectivity index (χ3v) is 3.83. The Labute approximate surface area is 161 Å². The largest absolute Gasteiger partial charge is 0.489 e. The summed E-state index contributed by atoms with van der Waals surface area (Å²) in [4.78, 5) is 22.4. The van der Waals surface area contributed by atoms with Crippen molar-refractivity contribution in [3.8, 4) is 5.75 Å². The van der Waals surface area contributed by atoms with Gasteiger partial charge < -0.3 is 4.74 Å². The lowest BCUT2D eigenvalue weighted by molar-refractivity contribution is -0.384. The fourth-order valence-corrected chi connectivity index (χ4v) is 2.39. The van der Waals surface area contributed by atoms with E-state index in [-0.39, 0.29) is 5.69 Å². The number of hydrazone groups is 1. The molecular formula is C21H17N3O4. The summed E-state index contributed by atoms with van der Waals surface area (Å²) >= 11 is 0. The molecule has 3 aromatic rings. The summed E-state index contributed by atoms with van der Waals surface area (Å²) < 4.78 is 5.68. The van der Waals surface area contributed by atoms with Crippen LogP contribution < -0.4 is 10.2 Å². The maximum atomic E-state index is 12.1. The molecule has 0 atom stereocenters. The number of hydrogen-bond donors (Lipinski definition) is 1. The van der Waals surface area contributed by atoms with Crippen LogP contribution >= 0.6 is 0 Å². The minimum atomic E-state index is -0.489. The highest BCUT2D eigenvalue weighted by Gasteiger charge is 2.06. The molecule has 0 aliphatic heterocycles. The third-order valence-electron chi connectivity index (χ3n) is 3.83. The highest BCUT2D eigenvalue weighted by Crippen LogP contribution is 2.14. The van der Waals surface area contributed by atoms with Crippen molar-refractivity contribution in [2.75, 3.05) is 0 Å². The van der Waals surface area contributed by atoms with Gasteiger partial charge in [-0.1, -0.05) is 42.5 Å². The summed E-state index contributed by atoms with van der Waals surface area (Å²) in [6, 6.07) is 22.4. The van der Waals surface area contributed by atoms with Crippen molar-refractivity contribution in [2.45, 2.75) is 6.61 Å². The quantitative estimate of drug-likeness (QED) is 0.384. The summed E-state index contributed by atoms with van der Waals surface area (Å²) in [7, 11) is 0. The van der Waals surface area contributed by atoms with Crippen molar-refractivity contribution in [3.05, 3.63) is 106 Å². The number of hydrogen-bond acceptors (Lipinski definition) is 5. The Morgan fingerprint density at radius 1 is 1.04 bits per heavy atom. The van der Waals surface area contributed by atoms with Crippen molar-refractivity contribution in [1.29, 1.82) is 0 Å². The molecule has 3 aromatic carbocycles. The van der Waals surface area contributed by atoms with E-state index in [1.807, 2.05) is 30.3 Å². The van der Waals surface area contributed by atoms with Crippen LogP contribution in [-0.2, 0) is 6.61 Å². The molecule has 0 fully saturated rings. The lowest BCUT2D eigenvalue weighted by Gasteiger charge is -2.07. The van der Waals surface area contributed by atoms with E-state index in [1.54, 1.807) is 36.4 Å². The number of rotatable bonds is 7. The molecule has 0 radical (unpaired) electrons. The molecule has 1 amide bonds. The molecule has 3 rings (SSSR count). The van der Waals surface area contributed by atoms with Gasteiger partial charge in [0, 0.05) is 23.3 Å². The minimum Gasteiger partial charge on any atom is -0.489 e. The van der Waals surface area contributed by atoms with E-state index in [0.717, 1.165) is 5.56 Å². The normalized spacial score (nSPS) is 10.6. The zero-order chi connectivity index (χ0) is 19.8. The van der Waals surface area contributed by atoms with Crippen LogP contribution in [0.2, 0.25) is 0 Å². The average molecular weight is 375 g/mol. The Kier molecular flexibility index (Phi) is 6.10. The Bertz CT molecular complexity index is 986. The van der Waals surface area contributed by atoms with Gasteiger partial charge in [0.05, 0.1) is 11.1 Å². The van der Waals surface area contributed by atoms with E-state index >= 15 is 0 Å². The average Bonchev–Trinajstić information content (AvgIpc) is 2.73. The van der Waals surface area contributed by atoms with E-state index in [1.165, 1.54) is 18.3 Å². The summed E-state index contributed by atoms with van der Waals surface area (Å²) in [5, 5.41) is 14.6. The van der Waals surface area contributed by atoms with Crippen molar-refractivity contribution in [2.24, 2.45) is 5.10 Å². The van der Waals surface area contributed by atoms with Gasteiger partial charge in [-0.3, -0.25) is 14.9 Å². The van der Waals surface area contributed by atoms with Crippen molar-refractivity contribution in [3.63, 3.8) is 0 Å². The second-order valence-electron chi connectivity index (χ2n) is 5.85. The van der Waals surface area contributed by atoms with Crippen molar-refractivity contribution in [1.82, 2.24) is 5.43 Å². The van der Waals surface area contributed by atoms with Crippen LogP contribution in [0.3, 0.4) is 0 Å². The van der Waals surface area contributed by atoms with Gasteiger partial charge in [-0.25, -0.2) is 5.43 Å². The van der Waals surface area contributed by atoms with Gasteiger partial charge in [0.15, 0.2) is 0 Å². The Hall–Kier alpha value is -4.00. The SMILES string of the molecule is O=C(N/N=C/c1cccc([N+](=O)[O-])c1)c1ccc(OCc2ccccc2)cc1. The van der Waals surface area contributed by atoms with Crippen LogP contribution in [0.4, 0.5) is 5.69 Å². The summed E-state index contributed by atoms with van der Waals surface area (Å²) in [6.07, 6.45) is 1.35. The first-order valence-corrected chi connectivity index (χ1v) is 8.46. The second-order valence-corrected chi connectivity index (χ2v) is 5.85. The number of carbonyl (C=O) groups is 1. The van der Waals surface area contributed by atoms with Gasteiger partial charge in [-0.2, -0.15) is 5.10 Å². The molecule has 1 N–H and O–H groups in total. The number of amides is 1. The van der Waals surface area contributed by atoms with Crippen LogP contribution in [0.1, 0.15) is 21.5 Å². The molecule has 0 heterocycles. The molecule has 0 spiro atoms. The summed E-state index contributed by atoms with van der Waals surface area (Å²) in [6.45, 7) is 0.444. The lowest BCUT2D eigenvalue weighted by Crippen LogP contribution is -2.17. The molecule has 0 aliphatic rings. The first-order valence-electron chi connectivity index (χ1n) is 8.46. The van der Waals surface area contributed by atoms with Gasteiger partial charge in [0.2, 0.25) is 0 Å². The minimum absolute atomic E-state index is 0.0404. The predicted molar refractivity (Wildman–Crippen MR) is 105 cm³/mol.